The summed E-state index contributed by atoms with van der Waals surface area (Å²) in [5.74, 6) is -1.15. The van der Waals surface area contributed by atoms with Crippen molar-refractivity contribution in [3.63, 3.8) is 0 Å². The van der Waals surface area contributed by atoms with Gasteiger partial charge >= 0.3 is 5.97 Å². The minimum Gasteiger partial charge on any atom is -0.493 e. The molecule has 0 bridgehead atoms. The lowest BCUT2D eigenvalue weighted by Crippen LogP contribution is -2.44. The van der Waals surface area contributed by atoms with Crippen molar-refractivity contribution in [1.82, 2.24) is 4.98 Å². The van der Waals surface area contributed by atoms with Gasteiger partial charge in [0, 0.05) is 17.7 Å². The number of alkyl halides is 1. The third-order valence-electron chi connectivity index (χ3n) is 6.77. The first-order valence-electron chi connectivity index (χ1n) is 12.1. The maximum Gasteiger partial charge on any atom is 0.341 e. The first-order valence-corrected chi connectivity index (χ1v) is 12.1. The number of rotatable bonds is 11. The van der Waals surface area contributed by atoms with Crippen LogP contribution in [0.5, 0.6) is 5.75 Å². The van der Waals surface area contributed by atoms with Crippen molar-refractivity contribution in [3.8, 4) is 17.0 Å². The Hall–Kier alpha value is -2.43. The Balaban J connectivity index is 1.59. The van der Waals surface area contributed by atoms with E-state index in [4.69, 9.17) is 4.74 Å². The minimum absolute atomic E-state index is 0.00954. The van der Waals surface area contributed by atoms with Gasteiger partial charge in [-0.3, -0.25) is 4.98 Å². The van der Waals surface area contributed by atoms with Gasteiger partial charge in [0.25, 0.3) is 0 Å². The molecule has 1 aliphatic carbocycles. The van der Waals surface area contributed by atoms with E-state index in [-0.39, 0.29) is 12.3 Å². The molecule has 0 saturated heterocycles. The number of halogens is 1. The largest absolute Gasteiger partial charge is 0.493 e. The first-order chi connectivity index (χ1) is 15.5. The zero-order valence-corrected chi connectivity index (χ0v) is 19.4. The molecule has 1 aromatic heterocycles. The van der Waals surface area contributed by atoms with E-state index in [9.17, 15) is 9.90 Å². The summed E-state index contributed by atoms with van der Waals surface area (Å²) in [6, 6.07) is 11.9. The first kappa shape index (κ1) is 24.2. The molecule has 32 heavy (non-hydrogen) atoms. The van der Waals surface area contributed by atoms with Crippen LogP contribution in [0.4, 0.5) is 4.39 Å². The summed E-state index contributed by atoms with van der Waals surface area (Å²) in [6.45, 7) is 4.43. The Labute approximate surface area is 191 Å². The summed E-state index contributed by atoms with van der Waals surface area (Å²) in [5.41, 5.74) is 1.00. The van der Waals surface area contributed by atoms with Crippen LogP contribution in [0.3, 0.4) is 0 Å². The highest BCUT2D eigenvalue weighted by molar-refractivity contribution is 5.77. The SMILES string of the molecule is CCCc1ccc(-c2ccc(OCC(CC)C[C@@](F)(C(=O)O)C3CCCCC3)cc2)nc1. The second-order valence-corrected chi connectivity index (χ2v) is 9.12. The molecule has 4 nitrogen and oxygen atoms in total. The molecule has 0 radical (unpaired) electrons. The van der Waals surface area contributed by atoms with Crippen LogP contribution < -0.4 is 4.74 Å². The number of pyridine rings is 1. The van der Waals surface area contributed by atoms with Gasteiger partial charge in [0.05, 0.1) is 12.3 Å². The lowest BCUT2D eigenvalue weighted by Gasteiger charge is -2.35. The van der Waals surface area contributed by atoms with Gasteiger partial charge in [0.1, 0.15) is 5.75 Å². The van der Waals surface area contributed by atoms with E-state index < -0.39 is 17.6 Å². The van der Waals surface area contributed by atoms with E-state index in [1.807, 2.05) is 43.5 Å². The summed E-state index contributed by atoms with van der Waals surface area (Å²) < 4.78 is 21.6. The van der Waals surface area contributed by atoms with Crippen molar-refractivity contribution in [1.29, 1.82) is 0 Å². The highest BCUT2D eigenvalue weighted by Crippen LogP contribution is 2.40. The van der Waals surface area contributed by atoms with Crippen LogP contribution in [-0.2, 0) is 11.2 Å². The molecule has 1 N–H and O–H groups in total. The third kappa shape index (κ3) is 6.08. The molecule has 3 rings (SSSR count). The maximum atomic E-state index is 15.6. The zero-order chi connectivity index (χ0) is 23.0. The molecule has 1 saturated carbocycles. The number of carbonyl (C=O) groups is 1. The fourth-order valence-electron chi connectivity index (χ4n) is 4.70. The number of carboxylic acid groups (broad SMARTS) is 1. The zero-order valence-electron chi connectivity index (χ0n) is 19.4. The van der Waals surface area contributed by atoms with Crippen LogP contribution in [0, 0.1) is 11.8 Å². The Morgan fingerprint density at radius 1 is 1.16 bits per heavy atom. The monoisotopic (exact) mass is 441 g/mol. The van der Waals surface area contributed by atoms with Gasteiger partial charge in [-0.25, -0.2) is 9.18 Å². The van der Waals surface area contributed by atoms with Crippen molar-refractivity contribution in [3.05, 3.63) is 48.2 Å². The van der Waals surface area contributed by atoms with E-state index in [1.54, 1.807) is 0 Å². The molecule has 0 spiro atoms. The Kier molecular flexibility index (Phi) is 8.66. The standard InChI is InChI=1S/C27H36FNO3/c1-3-8-21-11-16-25(29-18-21)22-12-14-24(15-13-22)32-19-20(4-2)17-27(28,26(30)31)23-9-6-5-7-10-23/h11-16,18,20,23H,3-10,17,19H2,1-2H3,(H,30,31)/t20?,27-/m0/s1. The van der Waals surface area contributed by atoms with Crippen LogP contribution in [0.15, 0.2) is 42.6 Å². The summed E-state index contributed by atoms with van der Waals surface area (Å²) in [6.07, 6.45) is 8.97. The van der Waals surface area contributed by atoms with Crippen molar-refractivity contribution < 1.29 is 19.0 Å². The molecule has 1 unspecified atom stereocenters. The van der Waals surface area contributed by atoms with Crippen LogP contribution in [0.25, 0.3) is 11.3 Å². The summed E-state index contributed by atoms with van der Waals surface area (Å²) in [4.78, 5) is 16.4. The Morgan fingerprint density at radius 2 is 1.88 bits per heavy atom. The maximum absolute atomic E-state index is 15.6. The number of aliphatic carboxylic acids is 1. The van der Waals surface area contributed by atoms with Gasteiger partial charge in [0.15, 0.2) is 0 Å². The van der Waals surface area contributed by atoms with Crippen molar-refractivity contribution in [2.45, 2.75) is 77.3 Å². The molecule has 2 atom stereocenters. The van der Waals surface area contributed by atoms with Crippen LogP contribution in [0.2, 0.25) is 0 Å². The summed E-state index contributed by atoms with van der Waals surface area (Å²) >= 11 is 0. The van der Waals surface area contributed by atoms with Gasteiger partial charge < -0.3 is 9.84 Å². The number of carboxylic acids is 1. The average Bonchev–Trinajstić information content (AvgIpc) is 2.83. The molecule has 1 aromatic carbocycles. The number of ether oxygens (including phenoxy) is 1. The number of hydrogen-bond acceptors (Lipinski definition) is 3. The van der Waals surface area contributed by atoms with Crippen molar-refractivity contribution >= 4 is 5.97 Å². The fraction of sp³-hybridized carbons (Fsp3) is 0.556. The number of aromatic nitrogens is 1. The number of benzene rings is 1. The number of hydrogen-bond donors (Lipinski definition) is 1. The average molecular weight is 442 g/mol. The second-order valence-electron chi connectivity index (χ2n) is 9.12. The molecule has 174 valence electrons. The normalized spacial score (nSPS) is 17.5. The van der Waals surface area contributed by atoms with E-state index in [1.165, 1.54) is 5.56 Å². The second kappa shape index (κ2) is 11.4. The molecule has 1 heterocycles. The quantitative estimate of drug-likeness (QED) is 0.413. The molecule has 0 amide bonds. The van der Waals surface area contributed by atoms with E-state index in [0.717, 1.165) is 43.4 Å². The van der Waals surface area contributed by atoms with Gasteiger partial charge in [-0.05, 0) is 73.9 Å². The Bertz CT molecular complexity index is 846. The van der Waals surface area contributed by atoms with E-state index >= 15 is 4.39 Å². The molecule has 5 heteroatoms. The van der Waals surface area contributed by atoms with Crippen LogP contribution in [-0.4, -0.2) is 28.3 Å². The van der Waals surface area contributed by atoms with E-state index in [0.29, 0.717) is 31.6 Å². The van der Waals surface area contributed by atoms with Crippen LogP contribution >= 0.6 is 0 Å². The molecule has 2 aromatic rings. The molecule has 0 aliphatic heterocycles. The van der Waals surface area contributed by atoms with Crippen molar-refractivity contribution in [2.24, 2.45) is 11.8 Å². The molecular weight excluding hydrogens is 405 g/mol. The van der Waals surface area contributed by atoms with Gasteiger partial charge in [-0.15, -0.1) is 0 Å². The lowest BCUT2D eigenvalue weighted by molar-refractivity contribution is -0.158. The summed E-state index contributed by atoms with van der Waals surface area (Å²) in [5, 5.41) is 9.68. The van der Waals surface area contributed by atoms with Gasteiger partial charge in [0.2, 0.25) is 5.67 Å². The minimum atomic E-state index is -2.16. The molecule has 1 aliphatic rings. The highest BCUT2D eigenvalue weighted by atomic mass is 19.1. The number of aryl methyl sites for hydroxylation is 1. The predicted octanol–water partition coefficient (Wildman–Crippen LogP) is 6.87. The third-order valence-corrected chi connectivity index (χ3v) is 6.77. The summed E-state index contributed by atoms with van der Waals surface area (Å²) in [7, 11) is 0. The van der Waals surface area contributed by atoms with Gasteiger partial charge in [-0.1, -0.05) is 45.6 Å². The van der Waals surface area contributed by atoms with E-state index in [2.05, 4.69) is 18.0 Å². The fourth-order valence-corrected chi connectivity index (χ4v) is 4.70. The Morgan fingerprint density at radius 3 is 2.44 bits per heavy atom. The van der Waals surface area contributed by atoms with Crippen molar-refractivity contribution in [2.75, 3.05) is 6.61 Å². The molecular formula is C27H36FNO3. The lowest BCUT2D eigenvalue weighted by atomic mass is 9.74. The predicted molar refractivity (Wildman–Crippen MR) is 126 cm³/mol. The van der Waals surface area contributed by atoms with Gasteiger partial charge in [-0.2, -0.15) is 0 Å². The highest BCUT2D eigenvalue weighted by Gasteiger charge is 2.47. The molecule has 1 fully saturated rings. The smallest absolute Gasteiger partial charge is 0.341 e. The van der Waals surface area contributed by atoms with Crippen LogP contribution in [0.1, 0.15) is 70.8 Å². The topological polar surface area (TPSA) is 59.4 Å². The number of nitrogens with zero attached hydrogens (tertiary/aromatic N) is 1.